The third-order valence-electron chi connectivity index (χ3n) is 2.83. The fraction of sp³-hybridized carbons (Fsp3) is 0.250. The molecule has 1 aromatic carbocycles. The number of hydrogen-bond donors (Lipinski definition) is 0. The summed E-state index contributed by atoms with van der Waals surface area (Å²) in [6, 6.07) is 6.21. The van der Waals surface area contributed by atoms with Gasteiger partial charge in [0.1, 0.15) is 11.5 Å². The van der Waals surface area contributed by atoms with Crippen molar-refractivity contribution in [3.8, 4) is 17.7 Å². The number of imidazole rings is 1. The third kappa shape index (κ3) is 3.44. The quantitative estimate of drug-likeness (QED) is 0.632. The molecule has 0 aliphatic rings. The molecule has 2 rings (SSSR count). The number of hydrogen-bond acceptors (Lipinski definition) is 4. The van der Waals surface area contributed by atoms with Crippen LogP contribution in [0.1, 0.15) is 24.0 Å². The number of halogens is 1. The molecule has 0 N–H and O–H groups in total. The number of carbonyl (C=O) groups excluding carboxylic acids is 1. The van der Waals surface area contributed by atoms with Gasteiger partial charge in [-0.3, -0.25) is 4.57 Å². The molecule has 0 saturated carbocycles. The van der Waals surface area contributed by atoms with Crippen LogP contribution in [0.3, 0.4) is 0 Å². The first-order valence-electron chi connectivity index (χ1n) is 6.67. The van der Waals surface area contributed by atoms with Gasteiger partial charge in [0.25, 0.3) is 0 Å². The van der Waals surface area contributed by atoms with Crippen LogP contribution < -0.4 is 4.74 Å². The van der Waals surface area contributed by atoms with E-state index in [1.54, 1.807) is 39.1 Å². The molecule has 1 aromatic heterocycles. The lowest BCUT2D eigenvalue weighted by atomic mass is 10.2. The minimum Gasteiger partial charge on any atom is -0.434 e. The Balaban J connectivity index is 2.28. The zero-order chi connectivity index (χ0) is 16.1. The van der Waals surface area contributed by atoms with Gasteiger partial charge in [-0.1, -0.05) is 18.1 Å². The molecule has 2 aromatic rings. The Labute approximate surface area is 127 Å². The van der Waals surface area contributed by atoms with Crippen molar-refractivity contribution < 1.29 is 18.7 Å². The minimum atomic E-state index is -0.804. The molecule has 0 aliphatic carbocycles. The highest BCUT2D eigenvalue weighted by Crippen LogP contribution is 2.18. The van der Waals surface area contributed by atoms with Gasteiger partial charge in [-0.15, -0.1) is 0 Å². The van der Waals surface area contributed by atoms with Crippen molar-refractivity contribution >= 4 is 6.16 Å². The largest absolute Gasteiger partial charge is 0.515 e. The van der Waals surface area contributed by atoms with E-state index in [4.69, 9.17) is 9.47 Å². The van der Waals surface area contributed by atoms with E-state index in [9.17, 15) is 9.18 Å². The van der Waals surface area contributed by atoms with Crippen LogP contribution in [0.15, 0.2) is 24.3 Å². The SMILES string of the molecule is CCOC(=O)Oc1c(C)nc(C#Cc2ccccc2F)n1C. The monoisotopic (exact) mass is 302 g/mol. The Morgan fingerprint density at radius 3 is 2.77 bits per heavy atom. The topological polar surface area (TPSA) is 53.4 Å². The molecule has 0 spiro atoms. The lowest BCUT2D eigenvalue weighted by molar-refractivity contribution is 0.101. The second kappa shape index (κ2) is 6.76. The predicted octanol–water partition coefficient (Wildman–Crippen LogP) is 2.80. The number of aromatic nitrogens is 2. The molecule has 0 bridgehead atoms. The van der Waals surface area contributed by atoms with Gasteiger partial charge >= 0.3 is 6.16 Å². The van der Waals surface area contributed by atoms with Gasteiger partial charge in [0.2, 0.25) is 5.88 Å². The molecule has 0 fully saturated rings. The Hall–Kier alpha value is -2.81. The van der Waals surface area contributed by atoms with E-state index in [1.807, 2.05) is 0 Å². The standard InChI is InChI=1S/C16H15FN2O3/c1-4-21-16(20)22-15-11(2)18-14(19(15)3)10-9-12-7-5-6-8-13(12)17/h5-8H,4H2,1-3H3. The van der Waals surface area contributed by atoms with Crippen molar-refractivity contribution in [3.63, 3.8) is 0 Å². The van der Waals surface area contributed by atoms with Crippen LogP contribution in [0.2, 0.25) is 0 Å². The first kappa shape index (κ1) is 15.6. The highest BCUT2D eigenvalue weighted by atomic mass is 19.1. The van der Waals surface area contributed by atoms with Crippen molar-refractivity contribution in [2.24, 2.45) is 7.05 Å². The predicted molar refractivity (Wildman–Crippen MR) is 78.0 cm³/mol. The lowest BCUT2D eigenvalue weighted by Gasteiger charge is -2.05. The van der Waals surface area contributed by atoms with E-state index in [-0.39, 0.29) is 18.1 Å². The maximum atomic E-state index is 13.5. The lowest BCUT2D eigenvalue weighted by Crippen LogP contribution is -2.13. The normalized spacial score (nSPS) is 9.82. The van der Waals surface area contributed by atoms with Gasteiger partial charge in [-0.25, -0.2) is 14.2 Å². The molecule has 0 saturated heterocycles. The first-order chi connectivity index (χ1) is 10.5. The van der Waals surface area contributed by atoms with E-state index >= 15 is 0 Å². The maximum Gasteiger partial charge on any atom is 0.515 e. The Bertz CT molecular complexity index is 756. The summed E-state index contributed by atoms with van der Waals surface area (Å²) < 4.78 is 24.8. The second-order valence-corrected chi connectivity index (χ2v) is 4.40. The van der Waals surface area contributed by atoms with Crippen LogP contribution in [0.5, 0.6) is 5.88 Å². The van der Waals surface area contributed by atoms with Gasteiger partial charge < -0.3 is 9.47 Å². The van der Waals surface area contributed by atoms with Crippen LogP contribution in [0.25, 0.3) is 0 Å². The van der Waals surface area contributed by atoms with E-state index in [1.165, 1.54) is 10.6 Å². The third-order valence-corrected chi connectivity index (χ3v) is 2.83. The number of benzene rings is 1. The molecule has 5 nitrogen and oxygen atoms in total. The van der Waals surface area contributed by atoms with Crippen LogP contribution in [-0.4, -0.2) is 22.3 Å². The Kier molecular flexibility index (Phi) is 4.79. The summed E-state index contributed by atoms with van der Waals surface area (Å²) in [6.07, 6.45) is -0.804. The van der Waals surface area contributed by atoms with Crippen molar-refractivity contribution in [1.29, 1.82) is 0 Å². The molecular weight excluding hydrogens is 287 g/mol. The van der Waals surface area contributed by atoms with Gasteiger partial charge in [-0.05, 0) is 31.9 Å². The van der Waals surface area contributed by atoms with Crippen molar-refractivity contribution in [3.05, 3.63) is 47.2 Å². The van der Waals surface area contributed by atoms with Crippen LogP contribution >= 0.6 is 0 Å². The van der Waals surface area contributed by atoms with Gasteiger partial charge in [0.15, 0.2) is 5.82 Å². The fourth-order valence-electron chi connectivity index (χ4n) is 1.79. The van der Waals surface area contributed by atoms with E-state index in [2.05, 4.69) is 16.8 Å². The smallest absolute Gasteiger partial charge is 0.434 e. The highest BCUT2D eigenvalue weighted by molar-refractivity contribution is 5.63. The molecule has 0 aliphatic heterocycles. The zero-order valence-electron chi connectivity index (χ0n) is 12.5. The first-order valence-corrected chi connectivity index (χ1v) is 6.67. The zero-order valence-corrected chi connectivity index (χ0v) is 12.5. The summed E-state index contributed by atoms with van der Waals surface area (Å²) in [7, 11) is 1.65. The van der Waals surface area contributed by atoms with E-state index in [0.717, 1.165) is 0 Å². The number of aryl methyl sites for hydroxylation is 1. The molecule has 1 heterocycles. The summed E-state index contributed by atoms with van der Waals surface area (Å²) in [5.41, 5.74) is 0.768. The summed E-state index contributed by atoms with van der Waals surface area (Å²) in [6.45, 7) is 3.58. The molecular formula is C16H15FN2O3. The Morgan fingerprint density at radius 1 is 1.36 bits per heavy atom. The van der Waals surface area contributed by atoms with E-state index in [0.29, 0.717) is 11.5 Å². The van der Waals surface area contributed by atoms with Crippen LogP contribution in [-0.2, 0) is 11.8 Å². The fourth-order valence-corrected chi connectivity index (χ4v) is 1.79. The summed E-state index contributed by atoms with van der Waals surface area (Å²) >= 11 is 0. The average Bonchev–Trinajstić information content (AvgIpc) is 2.74. The molecule has 6 heteroatoms. The summed E-state index contributed by atoms with van der Waals surface area (Å²) in [4.78, 5) is 15.6. The molecule has 0 unspecified atom stereocenters. The molecule has 22 heavy (non-hydrogen) atoms. The number of ether oxygens (including phenoxy) is 2. The van der Waals surface area contributed by atoms with Crippen LogP contribution in [0.4, 0.5) is 9.18 Å². The van der Waals surface area contributed by atoms with Crippen molar-refractivity contribution in [1.82, 2.24) is 9.55 Å². The van der Waals surface area contributed by atoms with Crippen molar-refractivity contribution in [2.75, 3.05) is 6.61 Å². The highest BCUT2D eigenvalue weighted by Gasteiger charge is 2.15. The summed E-state index contributed by atoms with van der Waals surface area (Å²) in [5, 5.41) is 0. The number of rotatable bonds is 2. The molecule has 114 valence electrons. The number of carbonyl (C=O) groups is 1. The maximum absolute atomic E-state index is 13.5. The van der Waals surface area contributed by atoms with Crippen LogP contribution in [0, 0.1) is 24.6 Å². The van der Waals surface area contributed by atoms with E-state index < -0.39 is 12.0 Å². The van der Waals surface area contributed by atoms with Gasteiger partial charge in [0, 0.05) is 7.05 Å². The minimum absolute atomic E-state index is 0.218. The molecule has 0 amide bonds. The van der Waals surface area contributed by atoms with Crippen molar-refractivity contribution in [2.45, 2.75) is 13.8 Å². The molecule has 0 atom stereocenters. The van der Waals surface area contributed by atoms with Gasteiger partial charge in [0.05, 0.1) is 12.2 Å². The Morgan fingerprint density at radius 2 is 2.09 bits per heavy atom. The number of nitrogens with zero attached hydrogens (tertiary/aromatic N) is 2. The summed E-state index contributed by atoms with van der Waals surface area (Å²) in [5.74, 6) is 5.68. The van der Waals surface area contributed by atoms with Gasteiger partial charge in [-0.2, -0.15) is 0 Å². The second-order valence-electron chi connectivity index (χ2n) is 4.40. The average molecular weight is 302 g/mol. The molecule has 0 radical (unpaired) electrons.